The van der Waals surface area contributed by atoms with Crippen LogP contribution in [0.1, 0.15) is 26.3 Å². The summed E-state index contributed by atoms with van der Waals surface area (Å²) in [6.07, 6.45) is 0.956. The molecule has 0 spiro atoms. The van der Waals surface area contributed by atoms with Crippen LogP contribution in [0.15, 0.2) is 33.9 Å². The number of nitrogens with zero attached hydrogens (tertiary/aromatic N) is 5. The van der Waals surface area contributed by atoms with Gasteiger partial charge in [-0.3, -0.25) is 14.2 Å². The summed E-state index contributed by atoms with van der Waals surface area (Å²) in [5.74, 6) is 0.259. The Morgan fingerprint density at radius 1 is 1.16 bits per heavy atom. The van der Waals surface area contributed by atoms with Crippen molar-refractivity contribution in [3.05, 3.63) is 50.7 Å². The quantitative estimate of drug-likeness (QED) is 0.579. The van der Waals surface area contributed by atoms with Gasteiger partial charge in [-0.15, -0.1) is 0 Å². The molecule has 0 fully saturated rings. The number of fused-ring (bicyclic) bond motifs is 3. The van der Waals surface area contributed by atoms with Gasteiger partial charge in [-0.25, -0.2) is 9.36 Å². The normalized spacial score (nSPS) is 15.9. The molecule has 31 heavy (non-hydrogen) atoms. The van der Waals surface area contributed by atoms with E-state index in [-0.39, 0.29) is 12.5 Å². The third-order valence-corrected chi connectivity index (χ3v) is 5.69. The van der Waals surface area contributed by atoms with Gasteiger partial charge < -0.3 is 14.2 Å². The molecule has 0 bridgehead atoms. The van der Waals surface area contributed by atoms with Crippen LogP contribution in [0.5, 0.6) is 0 Å². The second-order valence-corrected chi connectivity index (χ2v) is 7.97. The molecular weight excluding hydrogens is 398 g/mol. The van der Waals surface area contributed by atoms with E-state index in [4.69, 9.17) is 4.74 Å². The van der Waals surface area contributed by atoms with Gasteiger partial charge in [0.1, 0.15) is 6.54 Å². The smallest absolute Gasteiger partial charge is 0.333 e. The molecule has 0 amide bonds. The summed E-state index contributed by atoms with van der Waals surface area (Å²) in [4.78, 5) is 44.8. The van der Waals surface area contributed by atoms with Gasteiger partial charge in [0.2, 0.25) is 5.95 Å². The number of rotatable bonds is 5. The van der Waals surface area contributed by atoms with E-state index in [1.54, 1.807) is 14.0 Å². The highest BCUT2D eigenvalue weighted by atomic mass is 16.5. The minimum atomic E-state index is -0.620. The Hall–Kier alpha value is -3.36. The number of ether oxygens (including phenoxy) is 1. The zero-order valence-electron chi connectivity index (χ0n) is 18.3. The van der Waals surface area contributed by atoms with Crippen LogP contribution < -0.4 is 16.1 Å². The Kier molecular flexibility index (Phi) is 5.43. The Labute approximate surface area is 179 Å². The Bertz CT molecular complexity index is 1250. The van der Waals surface area contributed by atoms with Gasteiger partial charge in [0.05, 0.1) is 6.61 Å². The zero-order chi connectivity index (χ0) is 22.3. The molecule has 1 aliphatic heterocycles. The molecule has 0 radical (unpaired) electrons. The van der Waals surface area contributed by atoms with Crippen LogP contribution in [-0.4, -0.2) is 37.8 Å². The van der Waals surface area contributed by atoms with Crippen molar-refractivity contribution < 1.29 is 9.53 Å². The SMILES string of the molecule is CCOC(=O)Cn1c(=O)c2c(nc3n2C[C@@H](C)CN3c2ccc(CC)cc2)n(C)c1=O. The van der Waals surface area contributed by atoms with E-state index in [0.717, 1.165) is 23.2 Å². The Balaban J connectivity index is 1.90. The maximum atomic E-state index is 13.3. The molecule has 4 rings (SSSR count). The monoisotopic (exact) mass is 425 g/mol. The molecule has 9 heteroatoms. The number of aryl methyl sites for hydroxylation is 2. The molecule has 9 nitrogen and oxygen atoms in total. The summed E-state index contributed by atoms with van der Waals surface area (Å²) in [6.45, 7) is 7.01. The molecule has 1 atom stereocenters. The average molecular weight is 425 g/mol. The lowest BCUT2D eigenvalue weighted by molar-refractivity contribution is -0.143. The van der Waals surface area contributed by atoms with Crippen molar-refractivity contribution in [1.29, 1.82) is 0 Å². The van der Waals surface area contributed by atoms with Crippen LogP contribution in [-0.2, 0) is 36.1 Å². The molecule has 2 aromatic heterocycles. The highest BCUT2D eigenvalue weighted by Gasteiger charge is 2.30. The molecule has 1 aromatic carbocycles. The number of anilines is 2. The first-order valence-electron chi connectivity index (χ1n) is 10.6. The molecule has 1 aliphatic rings. The largest absolute Gasteiger partial charge is 0.465 e. The lowest BCUT2D eigenvalue weighted by atomic mass is 10.1. The highest BCUT2D eigenvalue weighted by Crippen LogP contribution is 2.32. The number of carbonyl (C=O) groups is 1. The van der Waals surface area contributed by atoms with Gasteiger partial charge in [-0.05, 0) is 37.0 Å². The van der Waals surface area contributed by atoms with E-state index >= 15 is 0 Å². The van der Waals surface area contributed by atoms with Crippen molar-refractivity contribution in [2.75, 3.05) is 18.1 Å². The minimum Gasteiger partial charge on any atom is -0.465 e. The third-order valence-electron chi connectivity index (χ3n) is 5.69. The number of carbonyl (C=O) groups excluding carboxylic acids is 1. The van der Waals surface area contributed by atoms with Gasteiger partial charge in [0.15, 0.2) is 11.2 Å². The van der Waals surface area contributed by atoms with Crippen molar-refractivity contribution in [2.24, 2.45) is 13.0 Å². The summed E-state index contributed by atoms with van der Waals surface area (Å²) in [6, 6.07) is 8.28. The summed E-state index contributed by atoms with van der Waals surface area (Å²) in [5, 5.41) is 0. The van der Waals surface area contributed by atoms with Gasteiger partial charge in [-0.1, -0.05) is 26.0 Å². The van der Waals surface area contributed by atoms with Crippen LogP contribution in [0.3, 0.4) is 0 Å². The molecule has 0 unspecified atom stereocenters. The lowest BCUT2D eigenvalue weighted by Crippen LogP contribution is -2.42. The second-order valence-electron chi connectivity index (χ2n) is 7.97. The topological polar surface area (TPSA) is 91.4 Å². The van der Waals surface area contributed by atoms with E-state index in [0.29, 0.717) is 23.7 Å². The molecule has 3 heterocycles. The second kappa shape index (κ2) is 8.05. The van der Waals surface area contributed by atoms with Gasteiger partial charge in [0, 0.05) is 25.8 Å². The highest BCUT2D eigenvalue weighted by molar-refractivity contribution is 5.77. The van der Waals surface area contributed by atoms with Crippen LogP contribution in [0.4, 0.5) is 11.6 Å². The maximum Gasteiger partial charge on any atom is 0.333 e. The summed E-state index contributed by atoms with van der Waals surface area (Å²) < 4.78 is 9.05. The molecule has 0 saturated carbocycles. The van der Waals surface area contributed by atoms with Crippen LogP contribution in [0.2, 0.25) is 0 Å². The molecular formula is C22H27N5O4. The van der Waals surface area contributed by atoms with E-state index in [2.05, 4.69) is 48.0 Å². The van der Waals surface area contributed by atoms with E-state index < -0.39 is 23.8 Å². The lowest BCUT2D eigenvalue weighted by Gasteiger charge is -2.33. The zero-order valence-corrected chi connectivity index (χ0v) is 18.3. The fourth-order valence-electron chi connectivity index (χ4n) is 4.11. The van der Waals surface area contributed by atoms with Crippen LogP contribution in [0, 0.1) is 5.92 Å². The van der Waals surface area contributed by atoms with Crippen molar-refractivity contribution in [1.82, 2.24) is 18.7 Å². The maximum absolute atomic E-state index is 13.3. The van der Waals surface area contributed by atoms with E-state index in [1.165, 1.54) is 10.1 Å². The first-order valence-corrected chi connectivity index (χ1v) is 10.6. The molecule has 0 N–H and O–H groups in total. The third kappa shape index (κ3) is 3.54. The first-order chi connectivity index (χ1) is 14.8. The van der Waals surface area contributed by atoms with Crippen molar-refractivity contribution in [2.45, 2.75) is 40.3 Å². The van der Waals surface area contributed by atoms with Crippen LogP contribution >= 0.6 is 0 Å². The van der Waals surface area contributed by atoms with E-state index in [1.807, 2.05) is 4.57 Å². The fraction of sp³-hybridized carbons (Fsp3) is 0.455. The fourth-order valence-corrected chi connectivity index (χ4v) is 4.11. The Morgan fingerprint density at radius 3 is 2.52 bits per heavy atom. The first kappa shape index (κ1) is 20.9. The molecule has 164 valence electrons. The van der Waals surface area contributed by atoms with E-state index in [9.17, 15) is 14.4 Å². The van der Waals surface area contributed by atoms with Crippen molar-refractivity contribution in [3.63, 3.8) is 0 Å². The molecule has 3 aromatic rings. The van der Waals surface area contributed by atoms with Gasteiger partial charge in [-0.2, -0.15) is 4.98 Å². The molecule has 0 saturated heterocycles. The van der Waals surface area contributed by atoms with Gasteiger partial charge in [0.25, 0.3) is 5.56 Å². The van der Waals surface area contributed by atoms with Crippen molar-refractivity contribution in [3.8, 4) is 0 Å². The van der Waals surface area contributed by atoms with Crippen LogP contribution in [0.25, 0.3) is 11.2 Å². The standard InChI is InChI=1S/C22H27N5O4/c1-5-15-7-9-16(10-8-15)25-11-14(3)12-26-18-19(23-21(25)26)24(4)22(30)27(20(18)29)13-17(28)31-6-2/h7-10,14H,5-6,11-13H2,1-4H3/t14-/m0/s1. The number of imidazole rings is 1. The van der Waals surface area contributed by atoms with Crippen molar-refractivity contribution >= 4 is 28.8 Å². The summed E-state index contributed by atoms with van der Waals surface area (Å²) in [5.41, 5.74) is 1.74. The average Bonchev–Trinajstić information content (AvgIpc) is 3.14. The number of hydrogen-bond acceptors (Lipinski definition) is 6. The number of aromatic nitrogens is 4. The summed E-state index contributed by atoms with van der Waals surface area (Å²) in [7, 11) is 1.56. The number of esters is 1. The minimum absolute atomic E-state index is 0.182. The summed E-state index contributed by atoms with van der Waals surface area (Å²) >= 11 is 0. The number of benzene rings is 1. The predicted molar refractivity (Wildman–Crippen MR) is 118 cm³/mol. The predicted octanol–water partition coefficient (Wildman–Crippen LogP) is 1.81. The van der Waals surface area contributed by atoms with Gasteiger partial charge >= 0.3 is 11.7 Å². The molecule has 0 aliphatic carbocycles. The number of hydrogen-bond donors (Lipinski definition) is 0. The Morgan fingerprint density at radius 2 is 1.87 bits per heavy atom.